The Bertz CT molecular complexity index is 763. The van der Waals surface area contributed by atoms with Gasteiger partial charge in [-0.3, -0.25) is 10.1 Å². The molecule has 0 radical (unpaired) electrons. The van der Waals surface area contributed by atoms with Gasteiger partial charge in [0.1, 0.15) is 11.5 Å². The smallest absolute Gasteiger partial charge is 0.257 e. The average molecular weight is 401 g/mol. The summed E-state index contributed by atoms with van der Waals surface area (Å²) >= 11 is 5.24. The standard InChI is InChI=1S/C22H28N2O3S/c1-3-5-6-15-27-19-12-10-17(11-13-19)21(25)24-22(28)23-18-8-7-9-20(16-18)26-14-4-2/h7-13,16H,3-6,14-15H2,1-2H3,(H2,23,24,25,28). The highest BCUT2D eigenvalue weighted by molar-refractivity contribution is 7.80. The number of unbranched alkanes of at least 4 members (excludes halogenated alkanes) is 2. The summed E-state index contributed by atoms with van der Waals surface area (Å²) in [6.45, 7) is 5.55. The van der Waals surface area contributed by atoms with Gasteiger partial charge in [0, 0.05) is 17.3 Å². The number of nitrogens with one attached hydrogen (secondary N) is 2. The van der Waals surface area contributed by atoms with E-state index in [0.29, 0.717) is 18.8 Å². The highest BCUT2D eigenvalue weighted by Gasteiger charge is 2.09. The van der Waals surface area contributed by atoms with E-state index in [1.54, 1.807) is 24.3 Å². The fraction of sp³-hybridized carbons (Fsp3) is 0.364. The number of benzene rings is 2. The zero-order chi connectivity index (χ0) is 20.2. The minimum absolute atomic E-state index is 0.234. The maximum atomic E-state index is 12.4. The van der Waals surface area contributed by atoms with Gasteiger partial charge in [-0.2, -0.15) is 0 Å². The van der Waals surface area contributed by atoms with Crippen molar-refractivity contribution in [2.45, 2.75) is 39.5 Å². The Hall–Kier alpha value is -2.60. The molecule has 0 aliphatic heterocycles. The SMILES string of the molecule is CCCCCOc1ccc(C(=O)NC(=S)Nc2cccc(OCCC)c2)cc1. The van der Waals surface area contributed by atoms with Crippen molar-refractivity contribution >= 4 is 28.9 Å². The van der Waals surface area contributed by atoms with E-state index in [0.717, 1.165) is 42.9 Å². The summed E-state index contributed by atoms with van der Waals surface area (Å²) < 4.78 is 11.3. The molecule has 0 atom stereocenters. The lowest BCUT2D eigenvalue weighted by molar-refractivity contribution is 0.0977. The lowest BCUT2D eigenvalue weighted by Gasteiger charge is -2.11. The molecule has 0 fully saturated rings. The normalized spacial score (nSPS) is 10.2. The van der Waals surface area contributed by atoms with E-state index in [1.165, 1.54) is 0 Å². The van der Waals surface area contributed by atoms with Crippen molar-refractivity contribution in [2.24, 2.45) is 0 Å². The molecule has 0 aliphatic rings. The second-order valence-electron chi connectivity index (χ2n) is 6.36. The molecule has 1 amide bonds. The molecular weight excluding hydrogens is 372 g/mol. The molecule has 2 aromatic rings. The molecule has 0 aliphatic carbocycles. The molecule has 2 aromatic carbocycles. The number of thiocarbonyl (C=S) groups is 1. The topological polar surface area (TPSA) is 59.6 Å². The third kappa shape index (κ3) is 7.56. The monoisotopic (exact) mass is 400 g/mol. The Morgan fingerprint density at radius 3 is 2.39 bits per heavy atom. The molecule has 0 aromatic heterocycles. The van der Waals surface area contributed by atoms with Crippen LogP contribution in [-0.2, 0) is 0 Å². The average Bonchev–Trinajstić information content (AvgIpc) is 2.70. The van der Waals surface area contributed by atoms with Crippen LogP contribution in [0.25, 0.3) is 0 Å². The number of carbonyl (C=O) groups is 1. The van der Waals surface area contributed by atoms with E-state index in [9.17, 15) is 4.79 Å². The first kappa shape index (κ1) is 21.7. The van der Waals surface area contributed by atoms with Gasteiger partial charge in [0.25, 0.3) is 5.91 Å². The van der Waals surface area contributed by atoms with Crippen molar-refractivity contribution in [2.75, 3.05) is 18.5 Å². The van der Waals surface area contributed by atoms with Crippen LogP contribution in [0.15, 0.2) is 48.5 Å². The molecular formula is C22H28N2O3S. The third-order valence-electron chi connectivity index (χ3n) is 3.92. The van der Waals surface area contributed by atoms with Crippen LogP contribution in [0.3, 0.4) is 0 Å². The van der Waals surface area contributed by atoms with Crippen molar-refractivity contribution < 1.29 is 14.3 Å². The van der Waals surface area contributed by atoms with Gasteiger partial charge in [-0.25, -0.2) is 0 Å². The Balaban J connectivity index is 1.84. The summed E-state index contributed by atoms with van der Waals surface area (Å²) in [5.74, 6) is 1.25. The lowest BCUT2D eigenvalue weighted by atomic mass is 10.2. The minimum Gasteiger partial charge on any atom is -0.494 e. The van der Waals surface area contributed by atoms with Crippen molar-refractivity contribution in [1.82, 2.24) is 5.32 Å². The van der Waals surface area contributed by atoms with Crippen LogP contribution in [0.5, 0.6) is 11.5 Å². The molecule has 0 spiro atoms. The first-order valence-electron chi connectivity index (χ1n) is 9.70. The van der Waals surface area contributed by atoms with E-state index in [4.69, 9.17) is 21.7 Å². The van der Waals surface area contributed by atoms with Gasteiger partial charge in [-0.05, 0) is 61.5 Å². The first-order valence-corrected chi connectivity index (χ1v) is 10.1. The first-order chi connectivity index (χ1) is 13.6. The Labute approximate surface area is 172 Å². The van der Waals surface area contributed by atoms with Gasteiger partial charge in [-0.1, -0.05) is 32.8 Å². The van der Waals surface area contributed by atoms with Crippen LogP contribution in [-0.4, -0.2) is 24.2 Å². The summed E-state index contributed by atoms with van der Waals surface area (Å²) in [6, 6.07) is 14.5. The van der Waals surface area contributed by atoms with Crippen LogP contribution in [0.4, 0.5) is 5.69 Å². The minimum atomic E-state index is -0.270. The summed E-state index contributed by atoms with van der Waals surface area (Å²) in [6.07, 6.45) is 4.28. The van der Waals surface area contributed by atoms with E-state index in [2.05, 4.69) is 24.5 Å². The van der Waals surface area contributed by atoms with Crippen molar-refractivity contribution in [3.05, 3.63) is 54.1 Å². The molecule has 5 nitrogen and oxygen atoms in total. The van der Waals surface area contributed by atoms with Crippen LogP contribution >= 0.6 is 12.2 Å². The van der Waals surface area contributed by atoms with Crippen LogP contribution in [0.1, 0.15) is 49.9 Å². The quantitative estimate of drug-likeness (QED) is 0.425. The Morgan fingerprint density at radius 1 is 0.929 bits per heavy atom. The molecule has 0 saturated heterocycles. The maximum absolute atomic E-state index is 12.4. The molecule has 0 heterocycles. The maximum Gasteiger partial charge on any atom is 0.257 e. The van der Waals surface area contributed by atoms with Crippen molar-refractivity contribution in [3.63, 3.8) is 0 Å². The van der Waals surface area contributed by atoms with Gasteiger partial charge in [-0.15, -0.1) is 0 Å². The van der Waals surface area contributed by atoms with Crippen molar-refractivity contribution in [3.8, 4) is 11.5 Å². The molecule has 6 heteroatoms. The van der Waals surface area contributed by atoms with Gasteiger partial charge in [0.15, 0.2) is 5.11 Å². The second kappa shape index (κ2) is 12.0. The second-order valence-corrected chi connectivity index (χ2v) is 6.77. The fourth-order valence-electron chi connectivity index (χ4n) is 2.47. The highest BCUT2D eigenvalue weighted by Crippen LogP contribution is 2.17. The molecule has 0 bridgehead atoms. The fourth-order valence-corrected chi connectivity index (χ4v) is 2.68. The predicted octanol–water partition coefficient (Wildman–Crippen LogP) is 5.17. The molecule has 2 N–H and O–H groups in total. The van der Waals surface area contributed by atoms with Gasteiger partial charge >= 0.3 is 0 Å². The number of hydrogen-bond donors (Lipinski definition) is 2. The predicted molar refractivity (Wildman–Crippen MR) is 117 cm³/mol. The number of anilines is 1. The van der Waals surface area contributed by atoms with E-state index >= 15 is 0 Å². The molecule has 0 saturated carbocycles. The van der Waals surface area contributed by atoms with E-state index in [1.807, 2.05) is 24.3 Å². The lowest BCUT2D eigenvalue weighted by Crippen LogP contribution is -2.34. The third-order valence-corrected chi connectivity index (χ3v) is 4.13. The Morgan fingerprint density at radius 2 is 1.68 bits per heavy atom. The Kier molecular flexibility index (Phi) is 9.28. The summed E-state index contributed by atoms with van der Waals surface area (Å²) in [5.41, 5.74) is 1.28. The van der Waals surface area contributed by atoms with Crippen LogP contribution < -0.4 is 20.1 Å². The summed E-state index contributed by atoms with van der Waals surface area (Å²) in [7, 11) is 0. The summed E-state index contributed by atoms with van der Waals surface area (Å²) in [4.78, 5) is 12.4. The van der Waals surface area contributed by atoms with Gasteiger partial charge in [0.2, 0.25) is 0 Å². The van der Waals surface area contributed by atoms with E-state index < -0.39 is 0 Å². The molecule has 150 valence electrons. The number of carbonyl (C=O) groups excluding carboxylic acids is 1. The van der Waals surface area contributed by atoms with Gasteiger partial charge in [0.05, 0.1) is 13.2 Å². The zero-order valence-electron chi connectivity index (χ0n) is 16.5. The molecule has 0 unspecified atom stereocenters. The van der Waals surface area contributed by atoms with Crippen molar-refractivity contribution in [1.29, 1.82) is 0 Å². The number of amides is 1. The zero-order valence-corrected chi connectivity index (χ0v) is 17.3. The largest absolute Gasteiger partial charge is 0.494 e. The number of rotatable bonds is 10. The molecule has 2 rings (SSSR count). The number of ether oxygens (including phenoxy) is 2. The van der Waals surface area contributed by atoms with Crippen LogP contribution in [0.2, 0.25) is 0 Å². The van der Waals surface area contributed by atoms with Crippen LogP contribution in [0, 0.1) is 0 Å². The highest BCUT2D eigenvalue weighted by atomic mass is 32.1. The van der Waals surface area contributed by atoms with E-state index in [-0.39, 0.29) is 11.0 Å². The number of hydrogen-bond acceptors (Lipinski definition) is 4. The summed E-state index contributed by atoms with van der Waals surface area (Å²) in [5, 5.41) is 5.93. The molecule has 28 heavy (non-hydrogen) atoms. The van der Waals surface area contributed by atoms with Gasteiger partial charge < -0.3 is 14.8 Å².